The maximum Gasteiger partial charge on any atom is 0.335 e. The number of imidazole rings is 1. The van der Waals surface area contributed by atoms with E-state index in [4.69, 9.17) is 0 Å². The number of imide groups is 1. The lowest BCUT2D eigenvalue weighted by Crippen LogP contribution is -2.36. The summed E-state index contributed by atoms with van der Waals surface area (Å²) in [4.78, 5) is 58.3. The Balaban J connectivity index is 0.00000462. The van der Waals surface area contributed by atoms with Crippen LogP contribution < -0.4 is 0 Å². The Bertz CT molecular complexity index is 1420. The van der Waals surface area contributed by atoms with E-state index < -0.39 is 17.9 Å². The van der Waals surface area contributed by atoms with Gasteiger partial charge >= 0.3 is 12.0 Å². The van der Waals surface area contributed by atoms with E-state index in [1.807, 2.05) is 17.6 Å². The van der Waals surface area contributed by atoms with Crippen molar-refractivity contribution >= 4 is 42.2 Å². The zero-order chi connectivity index (χ0) is 28.6. The molecule has 0 aliphatic carbocycles. The summed E-state index contributed by atoms with van der Waals surface area (Å²) in [6.45, 7) is 4.51. The molecule has 0 bridgehead atoms. The number of nitrogens with zero attached hydrogens (tertiary/aromatic N) is 4. The predicted molar refractivity (Wildman–Crippen MR) is 158 cm³/mol. The van der Waals surface area contributed by atoms with Gasteiger partial charge in [-0.1, -0.05) is 69.2 Å². The molecule has 0 unspecified atom stereocenters. The molecule has 2 aromatic carbocycles. The number of carbonyl (C=O) groups is 4. The second-order valence-electron chi connectivity index (χ2n) is 9.79. The first-order valence-corrected chi connectivity index (χ1v) is 13.6. The van der Waals surface area contributed by atoms with Gasteiger partial charge in [0.2, 0.25) is 0 Å². The molecule has 2 heterocycles. The third kappa shape index (κ3) is 7.29. The first kappa shape index (κ1) is 31.3. The van der Waals surface area contributed by atoms with Crippen LogP contribution in [0.1, 0.15) is 77.3 Å². The van der Waals surface area contributed by atoms with Crippen molar-refractivity contribution in [3.05, 3.63) is 94.7 Å². The molecule has 3 amide bonds. The highest BCUT2D eigenvalue weighted by molar-refractivity contribution is 6.15. The molecule has 4 rings (SSSR count). The molecule has 10 heteroatoms. The van der Waals surface area contributed by atoms with Crippen LogP contribution in [0.5, 0.6) is 0 Å². The minimum absolute atomic E-state index is 0. The normalized spacial score (nSPS) is 14.0. The van der Waals surface area contributed by atoms with Crippen LogP contribution in [0.4, 0.5) is 4.79 Å². The number of benzene rings is 2. The van der Waals surface area contributed by atoms with E-state index in [1.54, 1.807) is 60.8 Å². The Labute approximate surface area is 245 Å². The predicted octanol–water partition coefficient (Wildman–Crippen LogP) is 5.68. The number of amides is 3. The van der Waals surface area contributed by atoms with E-state index in [-0.39, 0.29) is 42.5 Å². The largest absolute Gasteiger partial charge is 0.478 e. The summed E-state index contributed by atoms with van der Waals surface area (Å²) in [5.74, 6) is -0.874. The molecule has 0 radical (unpaired) electrons. The third-order valence-electron chi connectivity index (χ3n) is 6.90. The number of hydrogen-bond donors (Lipinski definition) is 1. The van der Waals surface area contributed by atoms with E-state index in [1.165, 1.54) is 9.80 Å². The van der Waals surface area contributed by atoms with Crippen LogP contribution in [0.15, 0.2) is 66.5 Å². The van der Waals surface area contributed by atoms with Crippen molar-refractivity contribution in [2.75, 3.05) is 13.1 Å². The number of hydrogen-bond acceptors (Lipinski definition) is 5. The quantitative estimate of drug-likeness (QED) is 0.159. The van der Waals surface area contributed by atoms with E-state index in [0.29, 0.717) is 24.2 Å². The Kier molecular flexibility index (Phi) is 11.0. The van der Waals surface area contributed by atoms with Crippen LogP contribution in [-0.2, 0) is 17.8 Å². The van der Waals surface area contributed by atoms with Crippen LogP contribution in [0.25, 0.3) is 6.08 Å². The van der Waals surface area contributed by atoms with Gasteiger partial charge in [-0.15, -0.1) is 12.4 Å². The molecule has 1 fully saturated rings. The summed E-state index contributed by atoms with van der Waals surface area (Å²) in [7, 11) is 0. The fourth-order valence-corrected chi connectivity index (χ4v) is 4.59. The van der Waals surface area contributed by atoms with Gasteiger partial charge in [-0.05, 0) is 36.6 Å². The standard InChI is InChI=1S/C31H34N4O5.ClH/c1-3-5-12-28-32-19-25(34(28)20-22-13-15-24(16-14-22)30(38)39)18-26-29(37)33(17-6-4-2)31(40)35(26)21-27(36)23-10-8-7-9-11-23;/h7-11,13-16,18-19H,3-6,12,17,20-21H2,1-2H3,(H,38,39);1H. The summed E-state index contributed by atoms with van der Waals surface area (Å²) >= 11 is 0. The smallest absolute Gasteiger partial charge is 0.335 e. The number of halogens is 1. The third-order valence-corrected chi connectivity index (χ3v) is 6.90. The van der Waals surface area contributed by atoms with Gasteiger partial charge in [0, 0.05) is 25.1 Å². The average molecular weight is 579 g/mol. The van der Waals surface area contributed by atoms with Crippen molar-refractivity contribution in [1.29, 1.82) is 0 Å². The van der Waals surface area contributed by atoms with Gasteiger partial charge in [0.25, 0.3) is 5.91 Å². The molecule has 3 aromatic rings. The number of aryl methyl sites for hydroxylation is 1. The highest BCUT2D eigenvalue weighted by Crippen LogP contribution is 2.26. The number of rotatable bonds is 13. The van der Waals surface area contributed by atoms with Crippen molar-refractivity contribution in [2.24, 2.45) is 0 Å². The van der Waals surface area contributed by atoms with E-state index in [0.717, 1.165) is 37.1 Å². The van der Waals surface area contributed by atoms with Crippen LogP contribution in [0.2, 0.25) is 0 Å². The van der Waals surface area contributed by atoms with E-state index in [9.17, 15) is 24.3 Å². The van der Waals surface area contributed by atoms with Crippen molar-refractivity contribution in [1.82, 2.24) is 19.4 Å². The maximum absolute atomic E-state index is 13.5. The Morgan fingerprint density at radius 1 is 0.902 bits per heavy atom. The van der Waals surface area contributed by atoms with Gasteiger partial charge < -0.3 is 9.67 Å². The van der Waals surface area contributed by atoms with Crippen LogP contribution in [0, 0.1) is 0 Å². The highest BCUT2D eigenvalue weighted by atomic mass is 35.5. The lowest BCUT2D eigenvalue weighted by Gasteiger charge is -2.17. The number of carbonyl (C=O) groups excluding carboxylic acids is 3. The minimum Gasteiger partial charge on any atom is -0.478 e. The van der Waals surface area contributed by atoms with Crippen molar-refractivity contribution in [2.45, 2.75) is 52.5 Å². The summed E-state index contributed by atoms with van der Waals surface area (Å²) in [5, 5.41) is 9.24. The van der Waals surface area contributed by atoms with Gasteiger partial charge in [0.05, 0.1) is 24.0 Å². The summed E-state index contributed by atoms with van der Waals surface area (Å²) in [5.41, 5.74) is 2.29. The number of unbranched alkanes of at least 4 members (excludes halogenated alkanes) is 2. The molecule has 216 valence electrons. The summed E-state index contributed by atoms with van der Waals surface area (Å²) in [6.07, 6.45) is 7.41. The second-order valence-corrected chi connectivity index (χ2v) is 9.79. The molecule has 0 spiro atoms. The first-order chi connectivity index (χ1) is 19.3. The van der Waals surface area contributed by atoms with Crippen molar-refractivity contribution in [3.8, 4) is 0 Å². The maximum atomic E-state index is 13.5. The van der Waals surface area contributed by atoms with E-state index in [2.05, 4.69) is 11.9 Å². The average Bonchev–Trinajstić information content (AvgIpc) is 3.43. The van der Waals surface area contributed by atoms with Crippen LogP contribution in [-0.4, -0.2) is 61.2 Å². The van der Waals surface area contributed by atoms with Crippen LogP contribution in [0.3, 0.4) is 0 Å². The number of Topliss-reactive ketones (excluding diaryl/α,β-unsaturated/α-hetero) is 1. The number of urea groups is 1. The molecule has 1 aliphatic rings. The summed E-state index contributed by atoms with van der Waals surface area (Å²) in [6, 6.07) is 14.8. The molecule has 1 aromatic heterocycles. The molecule has 9 nitrogen and oxygen atoms in total. The highest BCUT2D eigenvalue weighted by Gasteiger charge is 2.41. The lowest BCUT2D eigenvalue weighted by atomic mass is 10.1. The molecule has 41 heavy (non-hydrogen) atoms. The zero-order valence-corrected chi connectivity index (χ0v) is 24.1. The minimum atomic E-state index is -0.995. The number of carboxylic acid groups (broad SMARTS) is 1. The molecular formula is C31H35ClN4O5. The Morgan fingerprint density at radius 2 is 1.59 bits per heavy atom. The number of carboxylic acids is 1. The monoisotopic (exact) mass is 578 g/mol. The molecular weight excluding hydrogens is 544 g/mol. The van der Waals surface area contributed by atoms with Crippen molar-refractivity contribution in [3.63, 3.8) is 0 Å². The van der Waals surface area contributed by atoms with Gasteiger partial charge in [-0.3, -0.25) is 19.4 Å². The second kappa shape index (κ2) is 14.4. The Morgan fingerprint density at radius 3 is 2.22 bits per heavy atom. The molecule has 0 atom stereocenters. The molecule has 1 aliphatic heterocycles. The topological polar surface area (TPSA) is 113 Å². The molecule has 1 N–H and O–H groups in total. The molecule has 1 saturated heterocycles. The van der Waals surface area contributed by atoms with Gasteiger partial charge in [-0.25, -0.2) is 14.6 Å². The van der Waals surface area contributed by atoms with Crippen molar-refractivity contribution < 1.29 is 24.3 Å². The van der Waals surface area contributed by atoms with Crippen LogP contribution >= 0.6 is 12.4 Å². The SMILES string of the molecule is CCCCc1ncc(C=C2C(=O)N(CCCC)C(=O)N2CC(=O)c2ccccc2)n1Cc1ccc(C(=O)O)cc1.Cl. The van der Waals surface area contributed by atoms with E-state index >= 15 is 0 Å². The number of aromatic nitrogens is 2. The Hall–Kier alpha value is -4.24. The first-order valence-electron chi connectivity index (χ1n) is 13.6. The number of ketones is 1. The van der Waals surface area contributed by atoms with Gasteiger partial charge in [0.1, 0.15) is 11.5 Å². The molecule has 0 saturated carbocycles. The van der Waals surface area contributed by atoms with Gasteiger partial charge in [-0.2, -0.15) is 0 Å². The lowest BCUT2D eigenvalue weighted by molar-refractivity contribution is -0.123. The van der Waals surface area contributed by atoms with Gasteiger partial charge in [0.15, 0.2) is 5.78 Å². The zero-order valence-electron chi connectivity index (χ0n) is 23.3. The fourth-order valence-electron chi connectivity index (χ4n) is 4.59. The fraction of sp³-hybridized carbons (Fsp3) is 0.323. The summed E-state index contributed by atoms with van der Waals surface area (Å²) < 4.78 is 1.97. The number of aromatic carboxylic acids is 1.